The molecule has 1 unspecified atom stereocenters. The molecule has 1 aliphatic heterocycles. The molecule has 0 spiro atoms. The van der Waals surface area contributed by atoms with Crippen molar-refractivity contribution in [2.24, 2.45) is 0 Å². The summed E-state index contributed by atoms with van der Waals surface area (Å²) in [5.74, 6) is -0.335. The van der Waals surface area contributed by atoms with Crippen molar-refractivity contribution in [2.45, 2.75) is 31.7 Å². The Labute approximate surface area is 159 Å². The quantitative estimate of drug-likeness (QED) is 0.780. The predicted octanol–water partition coefficient (Wildman–Crippen LogP) is 4.37. The number of halogens is 2. The van der Waals surface area contributed by atoms with E-state index in [1.54, 1.807) is 12.1 Å². The Kier molecular flexibility index (Phi) is 6.64. The minimum absolute atomic E-state index is 0.0227. The molecule has 0 saturated carbocycles. The number of likely N-dealkylation sites (tertiary alicyclic amines) is 1. The van der Waals surface area contributed by atoms with Crippen LogP contribution in [0.3, 0.4) is 0 Å². The Morgan fingerprint density at radius 2 is 1.85 bits per heavy atom. The van der Waals surface area contributed by atoms with Gasteiger partial charge in [-0.3, -0.25) is 9.69 Å². The van der Waals surface area contributed by atoms with Crippen LogP contribution in [0.25, 0.3) is 0 Å². The molecule has 2 aromatic carbocycles. The first-order valence-corrected chi connectivity index (χ1v) is 9.51. The lowest BCUT2D eigenvalue weighted by Gasteiger charge is -2.29. The summed E-state index contributed by atoms with van der Waals surface area (Å²) in [5, 5.41) is 3.39. The summed E-state index contributed by atoms with van der Waals surface area (Å²) in [5.41, 5.74) is 1.62. The van der Waals surface area contributed by atoms with Crippen molar-refractivity contribution >= 4 is 17.5 Å². The molecule has 3 nitrogen and oxygen atoms in total. The molecular weight excluding hydrogens is 351 g/mol. The summed E-state index contributed by atoms with van der Waals surface area (Å²) >= 11 is 6.28. The number of benzene rings is 2. The maximum atomic E-state index is 14.4. The lowest BCUT2D eigenvalue weighted by Crippen LogP contribution is -2.37. The molecule has 0 aliphatic carbocycles. The molecule has 138 valence electrons. The smallest absolute Gasteiger partial charge is 0.220 e. The minimum Gasteiger partial charge on any atom is -0.354 e. The number of nitrogens with zero attached hydrogens (tertiary/aromatic N) is 1. The highest BCUT2D eigenvalue weighted by Crippen LogP contribution is 2.31. The Morgan fingerprint density at radius 1 is 1.12 bits per heavy atom. The molecular formula is C21H24ClFN2O. The second-order valence-electron chi connectivity index (χ2n) is 6.68. The van der Waals surface area contributed by atoms with Gasteiger partial charge in [0.15, 0.2) is 0 Å². The third kappa shape index (κ3) is 4.83. The molecule has 1 atom stereocenters. The SMILES string of the molecule is O=C(CCc1ccccc1)NCC(c1c(F)cccc1Cl)N1CCCC1. The van der Waals surface area contributed by atoms with Gasteiger partial charge in [0, 0.05) is 23.6 Å². The Bertz CT molecular complexity index is 712. The summed E-state index contributed by atoms with van der Waals surface area (Å²) in [6.07, 6.45) is 3.29. The van der Waals surface area contributed by atoms with E-state index in [1.165, 1.54) is 6.07 Å². The molecule has 0 radical (unpaired) electrons. The van der Waals surface area contributed by atoms with Gasteiger partial charge >= 0.3 is 0 Å². The number of amides is 1. The second-order valence-corrected chi connectivity index (χ2v) is 7.09. The van der Waals surface area contributed by atoms with Gasteiger partial charge in [0.25, 0.3) is 0 Å². The van der Waals surface area contributed by atoms with Gasteiger partial charge in [-0.15, -0.1) is 0 Å². The Balaban J connectivity index is 1.64. The van der Waals surface area contributed by atoms with Crippen LogP contribution in [0.1, 0.15) is 36.4 Å². The molecule has 1 fully saturated rings. The fourth-order valence-corrected chi connectivity index (χ4v) is 3.79. The average Bonchev–Trinajstić information content (AvgIpc) is 3.17. The van der Waals surface area contributed by atoms with Crippen molar-refractivity contribution in [1.82, 2.24) is 10.2 Å². The van der Waals surface area contributed by atoms with Crippen molar-refractivity contribution in [2.75, 3.05) is 19.6 Å². The zero-order chi connectivity index (χ0) is 18.4. The van der Waals surface area contributed by atoms with Gasteiger partial charge in [0.05, 0.1) is 6.04 Å². The van der Waals surface area contributed by atoms with Gasteiger partial charge < -0.3 is 5.32 Å². The van der Waals surface area contributed by atoms with E-state index in [-0.39, 0.29) is 17.8 Å². The summed E-state index contributed by atoms with van der Waals surface area (Å²) in [6.45, 7) is 2.17. The van der Waals surface area contributed by atoms with E-state index >= 15 is 0 Å². The molecule has 5 heteroatoms. The van der Waals surface area contributed by atoms with Crippen molar-refractivity contribution in [3.63, 3.8) is 0 Å². The van der Waals surface area contributed by atoms with Crippen LogP contribution in [-0.2, 0) is 11.2 Å². The van der Waals surface area contributed by atoms with Gasteiger partial charge in [0.2, 0.25) is 5.91 Å². The third-order valence-electron chi connectivity index (χ3n) is 4.89. The van der Waals surface area contributed by atoms with Gasteiger partial charge in [-0.1, -0.05) is 48.0 Å². The minimum atomic E-state index is -0.312. The van der Waals surface area contributed by atoms with E-state index < -0.39 is 0 Å². The topological polar surface area (TPSA) is 32.3 Å². The van der Waals surface area contributed by atoms with Crippen LogP contribution in [0.5, 0.6) is 0 Å². The van der Waals surface area contributed by atoms with E-state index in [0.29, 0.717) is 30.0 Å². The first-order chi connectivity index (χ1) is 12.6. The molecule has 0 bridgehead atoms. The van der Waals surface area contributed by atoms with E-state index in [4.69, 9.17) is 11.6 Å². The molecule has 1 saturated heterocycles. The summed E-state index contributed by atoms with van der Waals surface area (Å²) < 4.78 is 14.4. The Morgan fingerprint density at radius 3 is 2.54 bits per heavy atom. The van der Waals surface area contributed by atoms with E-state index in [2.05, 4.69) is 10.2 Å². The highest BCUT2D eigenvalue weighted by atomic mass is 35.5. The van der Waals surface area contributed by atoms with Gasteiger partial charge in [-0.05, 0) is 50.0 Å². The van der Waals surface area contributed by atoms with Crippen LogP contribution in [-0.4, -0.2) is 30.4 Å². The van der Waals surface area contributed by atoms with Crippen molar-refractivity contribution in [3.8, 4) is 0 Å². The van der Waals surface area contributed by atoms with Gasteiger partial charge in [0.1, 0.15) is 5.82 Å². The zero-order valence-corrected chi connectivity index (χ0v) is 15.5. The lowest BCUT2D eigenvalue weighted by molar-refractivity contribution is -0.121. The van der Waals surface area contributed by atoms with E-state index in [1.807, 2.05) is 30.3 Å². The average molecular weight is 375 g/mol. The first-order valence-electron chi connectivity index (χ1n) is 9.14. The van der Waals surface area contributed by atoms with Gasteiger partial charge in [-0.2, -0.15) is 0 Å². The molecule has 0 aromatic heterocycles. The van der Waals surface area contributed by atoms with E-state index in [9.17, 15) is 9.18 Å². The molecule has 1 N–H and O–H groups in total. The highest BCUT2D eigenvalue weighted by Gasteiger charge is 2.28. The van der Waals surface area contributed by atoms with Crippen LogP contribution in [0.4, 0.5) is 4.39 Å². The monoisotopic (exact) mass is 374 g/mol. The number of rotatable bonds is 7. The number of hydrogen-bond donors (Lipinski definition) is 1. The molecule has 2 aromatic rings. The van der Waals surface area contributed by atoms with Crippen molar-refractivity contribution in [3.05, 3.63) is 70.5 Å². The summed E-state index contributed by atoms with van der Waals surface area (Å²) in [7, 11) is 0. The number of carbonyl (C=O) groups is 1. The fourth-order valence-electron chi connectivity index (χ4n) is 3.50. The van der Waals surface area contributed by atoms with Crippen LogP contribution >= 0.6 is 11.6 Å². The Hall–Kier alpha value is -1.91. The molecule has 26 heavy (non-hydrogen) atoms. The number of nitrogens with one attached hydrogen (secondary N) is 1. The predicted molar refractivity (Wildman–Crippen MR) is 103 cm³/mol. The number of hydrogen-bond acceptors (Lipinski definition) is 2. The lowest BCUT2D eigenvalue weighted by atomic mass is 10.0. The van der Waals surface area contributed by atoms with Gasteiger partial charge in [-0.25, -0.2) is 4.39 Å². The fraction of sp³-hybridized carbons (Fsp3) is 0.381. The molecule has 1 amide bonds. The zero-order valence-electron chi connectivity index (χ0n) is 14.8. The summed E-state index contributed by atoms with van der Waals surface area (Å²) in [6, 6.07) is 14.4. The van der Waals surface area contributed by atoms with E-state index in [0.717, 1.165) is 31.5 Å². The maximum absolute atomic E-state index is 14.4. The second kappa shape index (κ2) is 9.15. The first kappa shape index (κ1) is 18.9. The number of aryl methyl sites for hydroxylation is 1. The number of carbonyl (C=O) groups excluding carboxylic acids is 1. The third-order valence-corrected chi connectivity index (χ3v) is 5.22. The van der Waals surface area contributed by atoms with Crippen molar-refractivity contribution in [1.29, 1.82) is 0 Å². The van der Waals surface area contributed by atoms with Crippen LogP contribution < -0.4 is 5.32 Å². The normalized spacial score (nSPS) is 15.8. The molecule has 1 aliphatic rings. The molecule has 3 rings (SSSR count). The van der Waals surface area contributed by atoms with Crippen molar-refractivity contribution < 1.29 is 9.18 Å². The highest BCUT2D eigenvalue weighted by molar-refractivity contribution is 6.31. The van der Waals surface area contributed by atoms with Crippen LogP contribution in [0, 0.1) is 5.82 Å². The standard InChI is InChI=1S/C21H24ClFN2O/c22-17-9-6-10-18(23)21(17)19(25-13-4-5-14-25)15-24-20(26)12-11-16-7-2-1-3-8-16/h1-3,6-10,19H,4-5,11-15H2,(H,24,26). The summed E-state index contributed by atoms with van der Waals surface area (Å²) in [4.78, 5) is 14.5. The van der Waals surface area contributed by atoms with Crippen LogP contribution in [0.15, 0.2) is 48.5 Å². The maximum Gasteiger partial charge on any atom is 0.220 e. The molecule has 1 heterocycles. The largest absolute Gasteiger partial charge is 0.354 e. The van der Waals surface area contributed by atoms with Crippen LogP contribution in [0.2, 0.25) is 5.02 Å².